The molecule has 1 heterocycles. The number of halogens is 1. The van der Waals surface area contributed by atoms with Crippen LogP contribution in [0.25, 0.3) is 5.69 Å². The lowest BCUT2D eigenvalue weighted by Gasteiger charge is -2.06. The standard InChI is InChI=1S/C13H11IN2O2/c14-10-11(13(17)18)15-16(12(10)8-6-7-8)9-4-2-1-3-5-9/h1-5,8H,6-7H2,(H,17,18). The molecule has 18 heavy (non-hydrogen) atoms. The van der Waals surface area contributed by atoms with Crippen molar-refractivity contribution in [2.75, 3.05) is 0 Å². The molecule has 2 aromatic rings. The number of hydrogen-bond acceptors (Lipinski definition) is 2. The molecule has 0 unspecified atom stereocenters. The summed E-state index contributed by atoms with van der Waals surface area (Å²) in [5, 5.41) is 13.4. The van der Waals surface area contributed by atoms with Crippen molar-refractivity contribution in [1.82, 2.24) is 9.78 Å². The number of carboxylic acid groups (broad SMARTS) is 1. The highest BCUT2D eigenvalue weighted by Crippen LogP contribution is 2.43. The molecule has 1 aliphatic rings. The van der Waals surface area contributed by atoms with Crippen molar-refractivity contribution < 1.29 is 9.90 Å². The number of aromatic carboxylic acids is 1. The number of aromatic nitrogens is 2. The highest BCUT2D eigenvalue weighted by molar-refractivity contribution is 14.1. The molecule has 1 fully saturated rings. The van der Waals surface area contributed by atoms with Crippen molar-refractivity contribution in [1.29, 1.82) is 0 Å². The number of benzene rings is 1. The lowest BCUT2D eigenvalue weighted by Crippen LogP contribution is -2.03. The van der Waals surface area contributed by atoms with Gasteiger partial charge in [-0.05, 0) is 47.6 Å². The van der Waals surface area contributed by atoms with Gasteiger partial charge in [-0.1, -0.05) is 18.2 Å². The van der Waals surface area contributed by atoms with Gasteiger partial charge in [0, 0.05) is 5.92 Å². The van der Waals surface area contributed by atoms with E-state index in [9.17, 15) is 9.90 Å². The molecule has 4 nitrogen and oxygen atoms in total. The Morgan fingerprint density at radius 2 is 2.00 bits per heavy atom. The zero-order valence-corrected chi connectivity index (χ0v) is 11.7. The van der Waals surface area contributed by atoms with E-state index >= 15 is 0 Å². The third-order valence-electron chi connectivity index (χ3n) is 3.03. The molecule has 1 N–H and O–H groups in total. The maximum atomic E-state index is 11.2. The van der Waals surface area contributed by atoms with Crippen LogP contribution in [0.5, 0.6) is 0 Å². The van der Waals surface area contributed by atoms with Gasteiger partial charge in [0.25, 0.3) is 0 Å². The largest absolute Gasteiger partial charge is 0.476 e. The zero-order chi connectivity index (χ0) is 12.7. The quantitative estimate of drug-likeness (QED) is 0.862. The van der Waals surface area contributed by atoms with Crippen LogP contribution in [-0.4, -0.2) is 20.9 Å². The van der Waals surface area contributed by atoms with Gasteiger partial charge in [0.05, 0.1) is 15.0 Å². The van der Waals surface area contributed by atoms with Crippen molar-refractivity contribution in [2.45, 2.75) is 18.8 Å². The van der Waals surface area contributed by atoms with E-state index in [-0.39, 0.29) is 5.69 Å². The summed E-state index contributed by atoms with van der Waals surface area (Å²) in [5.74, 6) is -0.506. The molecule has 1 aromatic carbocycles. The molecule has 0 atom stereocenters. The predicted molar refractivity (Wildman–Crippen MR) is 75.2 cm³/mol. The molecule has 1 saturated carbocycles. The molecule has 3 rings (SSSR count). The summed E-state index contributed by atoms with van der Waals surface area (Å²) in [4.78, 5) is 11.2. The van der Waals surface area contributed by atoms with Gasteiger partial charge in [-0.15, -0.1) is 0 Å². The molecule has 0 radical (unpaired) electrons. The topological polar surface area (TPSA) is 55.1 Å². The second-order valence-electron chi connectivity index (χ2n) is 4.37. The number of hydrogen-bond donors (Lipinski definition) is 1. The fraction of sp³-hybridized carbons (Fsp3) is 0.231. The van der Waals surface area contributed by atoms with Crippen LogP contribution in [0.3, 0.4) is 0 Å². The minimum absolute atomic E-state index is 0.154. The Morgan fingerprint density at radius 3 is 2.56 bits per heavy atom. The average Bonchev–Trinajstić information content (AvgIpc) is 3.14. The third-order valence-corrected chi connectivity index (χ3v) is 4.09. The normalized spacial score (nSPS) is 14.7. The molecule has 92 valence electrons. The van der Waals surface area contributed by atoms with Crippen LogP contribution >= 0.6 is 22.6 Å². The first-order valence-electron chi connectivity index (χ1n) is 5.75. The Kier molecular flexibility index (Phi) is 2.85. The fourth-order valence-corrected chi connectivity index (χ4v) is 3.03. The molecule has 0 aliphatic heterocycles. The van der Waals surface area contributed by atoms with E-state index < -0.39 is 5.97 Å². The van der Waals surface area contributed by atoms with Crippen LogP contribution in [0.4, 0.5) is 0 Å². The molecular weight excluding hydrogens is 343 g/mol. The van der Waals surface area contributed by atoms with Crippen LogP contribution in [-0.2, 0) is 0 Å². The van der Waals surface area contributed by atoms with Crippen molar-refractivity contribution in [3.05, 3.63) is 45.3 Å². The van der Waals surface area contributed by atoms with E-state index in [0.717, 1.165) is 27.8 Å². The number of carbonyl (C=O) groups is 1. The highest BCUT2D eigenvalue weighted by atomic mass is 127. The van der Waals surface area contributed by atoms with Crippen molar-refractivity contribution >= 4 is 28.6 Å². The van der Waals surface area contributed by atoms with Crippen LogP contribution < -0.4 is 0 Å². The Morgan fingerprint density at radius 1 is 1.33 bits per heavy atom. The molecular formula is C13H11IN2O2. The Hall–Kier alpha value is -1.37. The summed E-state index contributed by atoms with van der Waals surface area (Å²) < 4.78 is 2.55. The monoisotopic (exact) mass is 354 g/mol. The third kappa shape index (κ3) is 1.92. The molecule has 0 bridgehead atoms. The second-order valence-corrected chi connectivity index (χ2v) is 5.45. The summed E-state index contributed by atoms with van der Waals surface area (Å²) >= 11 is 2.09. The molecule has 0 amide bonds. The van der Waals surface area contributed by atoms with E-state index in [1.165, 1.54) is 0 Å². The van der Waals surface area contributed by atoms with Crippen LogP contribution in [0.15, 0.2) is 30.3 Å². The maximum absolute atomic E-state index is 11.2. The lowest BCUT2D eigenvalue weighted by atomic mass is 10.2. The summed E-state index contributed by atoms with van der Waals surface area (Å²) in [5.41, 5.74) is 2.12. The first-order valence-corrected chi connectivity index (χ1v) is 6.83. The summed E-state index contributed by atoms with van der Waals surface area (Å²) in [7, 11) is 0. The first-order chi connectivity index (χ1) is 8.68. The number of carboxylic acids is 1. The van der Waals surface area contributed by atoms with E-state index in [2.05, 4.69) is 27.7 Å². The number of rotatable bonds is 3. The van der Waals surface area contributed by atoms with Gasteiger partial charge < -0.3 is 5.11 Å². The summed E-state index contributed by atoms with van der Waals surface area (Å²) in [6.45, 7) is 0. The molecule has 0 spiro atoms. The number of para-hydroxylation sites is 1. The maximum Gasteiger partial charge on any atom is 0.357 e. The minimum Gasteiger partial charge on any atom is -0.476 e. The highest BCUT2D eigenvalue weighted by Gasteiger charge is 2.33. The first kappa shape index (κ1) is 11.7. The van der Waals surface area contributed by atoms with Gasteiger partial charge in [-0.25, -0.2) is 9.48 Å². The van der Waals surface area contributed by atoms with Gasteiger partial charge in [-0.3, -0.25) is 0 Å². The molecule has 1 aliphatic carbocycles. The van der Waals surface area contributed by atoms with E-state index in [1.54, 1.807) is 4.68 Å². The van der Waals surface area contributed by atoms with E-state index in [4.69, 9.17) is 0 Å². The van der Waals surface area contributed by atoms with Gasteiger partial charge in [0.15, 0.2) is 5.69 Å². The van der Waals surface area contributed by atoms with Crippen molar-refractivity contribution in [2.24, 2.45) is 0 Å². The fourth-order valence-electron chi connectivity index (χ4n) is 2.02. The average molecular weight is 354 g/mol. The second kappa shape index (κ2) is 4.38. The van der Waals surface area contributed by atoms with Gasteiger partial charge >= 0.3 is 5.97 Å². The summed E-state index contributed by atoms with van der Waals surface area (Å²) in [6.07, 6.45) is 2.24. The van der Waals surface area contributed by atoms with Crippen LogP contribution in [0.1, 0.15) is 34.9 Å². The van der Waals surface area contributed by atoms with E-state index in [0.29, 0.717) is 5.92 Å². The number of nitrogens with zero attached hydrogens (tertiary/aromatic N) is 2. The Bertz CT molecular complexity index is 603. The molecule has 5 heteroatoms. The molecule has 1 aromatic heterocycles. The van der Waals surface area contributed by atoms with Gasteiger partial charge in [0.1, 0.15) is 0 Å². The predicted octanol–water partition coefficient (Wildman–Crippen LogP) is 3.05. The van der Waals surface area contributed by atoms with Crippen LogP contribution in [0, 0.1) is 3.57 Å². The van der Waals surface area contributed by atoms with Crippen LogP contribution in [0.2, 0.25) is 0 Å². The van der Waals surface area contributed by atoms with Gasteiger partial charge in [-0.2, -0.15) is 5.10 Å². The SMILES string of the molecule is O=C(O)c1nn(-c2ccccc2)c(C2CC2)c1I. The molecule has 0 saturated heterocycles. The smallest absolute Gasteiger partial charge is 0.357 e. The van der Waals surface area contributed by atoms with Gasteiger partial charge in [0.2, 0.25) is 0 Å². The van der Waals surface area contributed by atoms with Crippen molar-refractivity contribution in [3.63, 3.8) is 0 Å². The Balaban J connectivity index is 2.19. The summed E-state index contributed by atoms with van der Waals surface area (Å²) in [6, 6.07) is 9.69. The zero-order valence-electron chi connectivity index (χ0n) is 9.51. The van der Waals surface area contributed by atoms with E-state index in [1.807, 2.05) is 30.3 Å². The minimum atomic E-state index is -0.962. The Labute approximate surface area is 118 Å². The van der Waals surface area contributed by atoms with Crippen molar-refractivity contribution in [3.8, 4) is 5.69 Å². The lowest BCUT2D eigenvalue weighted by molar-refractivity contribution is 0.0689.